The van der Waals surface area contributed by atoms with Crippen molar-refractivity contribution in [3.05, 3.63) is 58.6 Å². The first-order chi connectivity index (χ1) is 13.4. The first kappa shape index (κ1) is 20.0. The Labute approximate surface area is 168 Å². The van der Waals surface area contributed by atoms with Crippen molar-refractivity contribution >= 4 is 39.1 Å². The molecule has 1 aromatic heterocycles. The fourth-order valence-corrected chi connectivity index (χ4v) is 3.59. The van der Waals surface area contributed by atoms with E-state index in [0.29, 0.717) is 0 Å². The summed E-state index contributed by atoms with van der Waals surface area (Å²) < 4.78 is 6.58. The molecule has 2 amide bonds. The Morgan fingerprint density at radius 1 is 1.18 bits per heavy atom. The molecule has 146 valence electrons. The highest BCUT2D eigenvalue weighted by atomic mass is 32.1. The van der Waals surface area contributed by atoms with Gasteiger partial charge in [0.25, 0.3) is 0 Å². The number of carbonyl (C=O) groups excluding carboxylic acids is 2. The minimum atomic E-state index is -0.253. The number of anilines is 1. The summed E-state index contributed by atoms with van der Waals surface area (Å²) in [5.41, 5.74) is 3.73. The molecule has 0 aliphatic heterocycles. The summed E-state index contributed by atoms with van der Waals surface area (Å²) in [4.78, 5) is 30.3. The lowest BCUT2D eigenvalue weighted by atomic mass is 10.1. The van der Waals surface area contributed by atoms with Gasteiger partial charge in [0.1, 0.15) is 11.6 Å². The molecule has 0 unspecified atom stereocenters. The van der Waals surface area contributed by atoms with E-state index in [-0.39, 0.29) is 31.6 Å². The maximum atomic E-state index is 12.2. The zero-order valence-corrected chi connectivity index (χ0v) is 17.0. The standard InChI is InChI=1S/C21H23N3O3S/c1-14-8-9-15(2)17(10-14)22-19(25)11-24(3)21(26)13-27-12-20-23-16-6-4-5-7-18(16)28-20/h4-10H,11-13H2,1-3H3,(H,22,25). The Bertz CT molecular complexity index is 966. The predicted octanol–water partition coefficient (Wildman–Crippen LogP) is 3.53. The Kier molecular flexibility index (Phi) is 6.38. The summed E-state index contributed by atoms with van der Waals surface area (Å²) in [5, 5.41) is 3.68. The molecule has 0 bridgehead atoms. The van der Waals surface area contributed by atoms with Gasteiger partial charge in [-0.25, -0.2) is 4.98 Å². The van der Waals surface area contributed by atoms with E-state index in [1.807, 2.05) is 56.3 Å². The largest absolute Gasteiger partial charge is 0.364 e. The number of para-hydroxylation sites is 1. The molecule has 3 rings (SSSR count). The number of amides is 2. The van der Waals surface area contributed by atoms with Gasteiger partial charge in [-0.2, -0.15) is 0 Å². The molecule has 1 heterocycles. The zero-order valence-electron chi connectivity index (χ0n) is 16.2. The number of likely N-dealkylation sites (N-methyl/N-ethyl adjacent to an activating group) is 1. The van der Waals surface area contributed by atoms with E-state index >= 15 is 0 Å². The summed E-state index contributed by atoms with van der Waals surface area (Å²) in [6, 6.07) is 13.7. The van der Waals surface area contributed by atoms with Crippen LogP contribution in [0.15, 0.2) is 42.5 Å². The molecule has 0 atom stereocenters. The minimum Gasteiger partial charge on any atom is -0.364 e. The lowest BCUT2D eigenvalue weighted by Gasteiger charge is -2.17. The average molecular weight is 398 g/mol. The monoisotopic (exact) mass is 397 g/mol. The first-order valence-electron chi connectivity index (χ1n) is 8.95. The van der Waals surface area contributed by atoms with Crippen molar-refractivity contribution in [2.24, 2.45) is 0 Å². The van der Waals surface area contributed by atoms with Crippen LogP contribution >= 0.6 is 11.3 Å². The number of fused-ring (bicyclic) bond motifs is 1. The highest BCUT2D eigenvalue weighted by molar-refractivity contribution is 7.18. The van der Waals surface area contributed by atoms with Crippen molar-refractivity contribution in [3.8, 4) is 0 Å². The van der Waals surface area contributed by atoms with Gasteiger partial charge in [-0.1, -0.05) is 24.3 Å². The molecule has 0 radical (unpaired) electrons. The predicted molar refractivity (Wildman–Crippen MR) is 111 cm³/mol. The Morgan fingerprint density at radius 2 is 1.96 bits per heavy atom. The molecular weight excluding hydrogens is 374 g/mol. The number of nitrogens with one attached hydrogen (secondary N) is 1. The normalized spacial score (nSPS) is 10.8. The van der Waals surface area contributed by atoms with E-state index in [4.69, 9.17) is 4.74 Å². The van der Waals surface area contributed by atoms with E-state index in [9.17, 15) is 9.59 Å². The Balaban J connectivity index is 1.46. The van der Waals surface area contributed by atoms with Gasteiger partial charge in [-0.15, -0.1) is 11.3 Å². The summed E-state index contributed by atoms with van der Waals surface area (Å²) in [6.45, 7) is 4.04. The number of hydrogen-bond acceptors (Lipinski definition) is 5. The minimum absolute atomic E-state index is 0.0310. The number of aryl methyl sites for hydroxylation is 2. The van der Waals surface area contributed by atoms with Crippen LogP contribution in [0.1, 0.15) is 16.1 Å². The van der Waals surface area contributed by atoms with Crippen LogP contribution in [0.3, 0.4) is 0 Å². The number of hydrogen-bond donors (Lipinski definition) is 1. The van der Waals surface area contributed by atoms with Crippen molar-refractivity contribution < 1.29 is 14.3 Å². The maximum absolute atomic E-state index is 12.2. The molecule has 2 aromatic carbocycles. The molecule has 3 aromatic rings. The molecule has 0 fully saturated rings. The van der Waals surface area contributed by atoms with Gasteiger partial charge in [0.2, 0.25) is 11.8 Å². The number of aromatic nitrogens is 1. The third-order valence-corrected chi connectivity index (χ3v) is 5.27. The third kappa shape index (κ3) is 5.15. The SMILES string of the molecule is Cc1ccc(C)c(NC(=O)CN(C)C(=O)COCc2nc3ccccc3s2)c1. The first-order valence-corrected chi connectivity index (χ1v) is 9.77. The van der Waals surface area contributed by atoms with E-state index in [2.05, 4.69) is 10.3 Å². The molecule has 0 aliphatic carbocycles. The number of ether oxygens (including phenoxy) is 1. The summed E-state index contributed by atoms with van der Waals surface area (Å²) in [6.07, 6.45) is 0. The van der Waals surface area contributed by atoms with Crippen molar-refractivity contribution in [2.45, 2.75) is 20.5 Å². The van der Waals surface area contributed by atoms with Crippen molar-refractivity contribution in [1.29, 1.82) is 0 Å². The van der Waals surface area contributed by atoms with Crippen molar-refractivity contribution in [2.75, 3.05) is 25.5 Å². The van der Waals surface area contributed by atoms with Crippen LogP contribution in [0.5, 0.6) is 0 Å². The highest BCUT2D eigenvalue weighted by Gasteiger charge is 2.14. The van der Waals surface area contributed by atoms with E-state index in [1.54, 1.807) is 18.4 Å². The third-order valence-electron chi connectivity index (χ3n) is 4.26. The fraction of sp³-hybridized carbons (Fsp3) is 0.286. The quantitative estimate of drug-likeness (QED) is 0.662. The number of thiazole rings is 1. The molecule has 0 aliphatic rings. The van der Waals surface area contributed by atoms with Crippen molar-refractivity contribution in [1.82, 2.24) is 9.88 Å². The van der Waals surface area contributed by atoms with Crippen LogP contribution in [0.25, 0.3) is 10.2 Å². The second-order valence-electron chi connectivity index (χ2n) is 6.68. The van der Waals surface area contributed by atoms with Crippen LogP contribution in [0.2, 0.25) is 0 Å². The van der Waals surface area contributed by atoms with Gasteiger partial charge in [-0.05, 0) is 43.2 Å². The topological polar surface area (TPSA) is 71.5 Å². The number of carbonyl (C=O) groups is 2. The van der Waals surface area contributed by atoms with Gasteiger partial charge in [0, 0.05) is 12.7 Å². The summed E-state index contributed by atoms with van der Waals surface area (Å²) >= 11 is 1.55. The molecule has 0 saturated carbocycles. The number of benzene rings is 2. The van der Waals surface area contributed by atoms with Gasteiger partial charge >= 0.3 is 0 Å². The lowest BCUT2D eigenvalue weighted by molar-refractivity contribution is -0.137. The molecule has 0 spiro atoms. The lowest BCUT2D eigenvalue weighted by Crippen LogP contribution is -2.37. The smallest absolute Gasteiger partial charge is 0.248 e. The second-order valence-corrected chi connectivity index (χ2v) is 7.80. The van der Waals surface area contributed by atoms with Crippen LogP contribution in [0.4, 0.5) is 5.69 Å². The highest BCUT2D eigenvalue weighted by Crippen LogP contribution is 2.22. The van der Waals surface area contributed by atoms with Gasteiger partial charge < -0.3 is 15.0 Å². The van der Waals surface area contributed by atoms with Crippen molar-refractivity contribution in [3.63, 3.8) is 0 Å². The van der Waals surface area contributed by atoms with Gasteiger partial charge in [0.15, 0.2) is 0 Å². The second kappa shape index (κ2) is 8.95. The number of nitrogens with zero attached hydrogens (tertiary/aromatic N) is 2. The molecule has 1 N–H and O–H groups in total. The summed E-state index contributed by atoms with van der Waals surface area (Å²) in [7, 11) is 1.59. The Morgan fingerprint density at radius 3 is 2.75 bits per heavy atom. The van der Waals surface area contributed by atoms with E-state index < -0.39 is 0 Å². The maximum Gasteiger partial charge on any atom is 0.248 e. The van der Waals surface area contributed by atoms with E-state index in [0.717, 1.165) is 32.0 Å². The number of rotatable bonds is 7. The van der Waals surface area contributed by atoms with Gasteiger partial charge in [0.05, 0.1) is 23.4 Å². The average Bonchev–Trinajstić information content (AvgIpc) is 3.07. The Hall–Kier alpha value is -2.77. The van der Waals surface area contributed by atoms with Crippen LogP contribution in [-0.2, 0) is 20.9 Å². The molecule has 28 heavy (non-hydrogen) atoms. The van der Waals surface area contributed by atoms with Gasteiger partial charge in [-0.3, -0.25) is 9.59 Å². The summed E-state index contributed by atoms with van der Waals surface area (Å²) in [5.74, 6) is -0.493. The molecular formula is C21H23N3O3S. The zero-order chi connectivity index (χ0) is 20.1. The van der Waals surface area contributed by atoms with E-state index in [1.165, 1.54) is 4.90 Å². The van der Waals surface area contributed by atoms with Crippen LogP contribution < -0.4 is 5.32 Å². The van der Waals surface area contributed by atoms with Crippen LogP contribution in [-0.4, -0.2) is 41.9 Å². The molecule has 6 nitrogen and oxygen atoms in total. The van der Waals surface area contributed by atoms with Crippen LogP contribution in [0, 0.1) is 13.8 Å². The fourth-order valence-electron chi connectivity index (χ4n) is 2.68. The molecule has 7 heteroatoms. The molecule has 0 saturated heterocycles.